The normalized spacial score (nSPS) is 12.5. The zero-order valence-corrected chi connectivity index (χ0v) is 97.4. The second-order valence-electron chi connectivity index (χ2n) is 39.5. The first-order valence-electron chi connectivity index (χ1n) is 47.7. The summed E-state index contributed by atoms with van der Waals surface area (Å²) in [5.41, 5.74) is 33.4. The van der Waals surface area contributed by atoms with Crippen LogP contribution in [0.15, 0.2) is 193 Å². The number of benzene rings is 8. The van der Waals surface area contributed by atoms with Crippen LogP contribution in [0.5, 0.6) is 0 Å². The molecule has 4 unspecified atom stereocenters. The van der Waals surface area contributed by atoms with Crippen LogP contribution in [0.1, 0.15) is 266 Å². The molecule has 0 saturated heterocycles. The second kappa shape index (κ2) is 60.9. The van der Waals surface area contributed by atoms with Gasteiger partial charge in [-0.1, -0.05) is 319 Å². The summed E-state index contributed by atoms with van der Waals surface area (Å²) < 4.78 is 0. The summed E-state index contributed by atoms with van der Waals surface area (Å²) in [4.78, 5) is 19.5. The number of pyridine rings is 4. The molecule has 0 fully saturated rings. The molecule has 0 aliphatic heterocycles. The molecule has 4 heterocycles. The Bertz CT molecular complexity index is 5430. The van der Waals surface area contributed by atoms with E-state index in [-0.39, 0.29) is 121 Å². The van der Waals surface area contributed by atoms with Crippen LogP contribution in [0, 0.1) is 155 Å². The third-order valence-corrected chi connectivity index (χ3v) is 23.6. The zero-order chi connectivity index (χ0) is 99.2. The number of aliphatic hydroxyl groups excluding tert-OH is 8. The van der Waals surface area contributed by atoms with Crippen molar-refractivity contribution in [3.63, 3.8) is 0 Å². The van der Waals surface area contributed by atoms with E-state index in [1.807, 2.05) is 69.2 Å². The van der Waals surface area contributed by atoms with Gasteiger partial charge in [-0.05, 0) is 174 Å². The predicted octanol–water partition coefficient (Wildman–Crippen LogP) is 31.1. The minimum Gasteiger partial charge on any atom is -0.513 e. The number of aryl methyl sites for hydroxylation is 8. The monoisotopic (exact) mass is 2560 g/mol. The molecule has 136 heavy (non-hydrogen) atoms. The molecule has 8 N–H and O–H groups in total. The molecule has 0 spiro atoms. The fourth-order valence-corrected chi connectivity index (χ4v) is 14.7. The van der Waals surface area contributed by atoms with Crippen molar-refractivity contribution >= 4 is 43.6 Å². The number of aliphatic hydroxyl groups is 8. The number of allylic oxidation sites excluding steroid dienone is 4. The molecule has 12 nitrogen and oxygen atoms in total. The van der Waals surface area contributed by atoms with Gasteiger partial charge in [-0.15, -0.1) is 138 Å². The third kappa shape index (κ3) is 40.7. The number of rotatable bonds is 22. The maximum absolute atomic E-state index is 9.47. The van der Waals surface area contributed by atoms with Crippen molar-refractivity contribution in [3.8, 4) is 45.0 Å². The van der Waals surface area contributed by atoms with E-state index in [9.17, 15) is 30.6 Å². The van der Waals surface area contributed by atoms with Crippen molar-refractivity contribution in [1.29, 1.82) is 0 Å². The minimum atomic E-state index is -0.537. The second-order valence-corrected chi connectivity index (χ2v) is 39.5. The molecule has 0 aliphatic carbocycles. The van der Waals surface area contributed by atoms with Gasteiger partial charge in [0.25, 0.3) is 0 Å². The van der Waals surface area contributed by atoms with Gasteiger partial charge in [0.15, 0.2) is 0 Å². The van der Waals surface area contributed by atoms with Crippen molar-refractivity contribution in [2.45, 2.75) is 297 Å². The van der Waals surface area contributed by atoms with E-state index in [0.29, 0.717) is 54.1 Å². The van der Waals surface area contributed by atoms with Crippen LogP contribution < -0.4 is 0 Å². The first-order valence-corrected chi connectivity index (χ1v) is 47.7. The van der Waals surface area contributed by atoms with Crippen molar-refractivity contribution in [3.05, 3.63) is 306 Å². The maximum atomic E-state index is 9.47. The van der Waals surface area contributed by atoms with E-state index in [1.165, 1.54) is 136 Å². The first-order chi connectivity index (χ1) is 61.8. The van der Waals surface area contributed by atoms with Gasteiger partial charge in [-0.25, -0.2) is 0 Å². The Kier molecular flexibility index (Phi) is 56.4. The molecule has 748 valence electrons. The van der Waals surface area contributed by atoms with Gasteiger partial charge >= 0.3 is 0 Å². The molecular weight excluding hydrogens is 2390 g/mol. The number of nitrogens with zero attached hydrogens (tertiary/aromatic N) is 4. The fourth-order valence-electron chi connectivity index (χ4n) is 14.7. The summed E-state index contributed by atoms with van der Waals surface area (Å²) in [6, 6.07) is 65.7. The Morgan fingerprint density at radius 2 is 0.596 bits per heavy atom. The molecule has 8 aromatic carbocycles. The molecule has 16 heteroatoms. The summed E-state index contributed by atoms with van der Waals surface area (Å²) >= 11 is 0. The topological polar surface area (TPSA) is 213 Å². The van der Waals surface area contributed by atoms with E-state index in [2.05, 4.69) is 322 Å². The number of hydrogen-bond donors (Lipinski definition) is 8. The number of fused-ring (bicyclic) bond motifs is 4. The SMILES string of the molecule is CC(C)C(O)=CC(O)C(C)C.CC(C)C(O)=CC(O)C(C)C.CC(C)CC(O)=CC(O)CC(C)C.CC(O)=CC(C)O.Cc1[c-]c(-c2ccc3c(C(C)C)cccc3n2)cc(C)c1C.Cc1[c-]c(-c2ccc3c(C(C)C)cccc3n2)cc(C)c1C.Cc1[c-]c(-c2ccc3c(CC(C)C)cccc3n2)cc(C)c1C.Cc1[c-]c(-c2ccc3c(CC(C)C)cccc3n2)cc(C)c1C.[Ir].[Ir].[Ir].[Ir]. The Morgan fingerprint density at radius 1 is 0.324 bits per heavy atom. The van der Waals surface area contributed by atoms with Crippen LogP contribution in [-0.2, 0) is 93.3 Å². The quantitative estimate of drug-likeness (QED) is 0.0235. The summed E-state index contributed by atoms with van der Waals surface area (Å²) in [6.07, 6.45) is 7.38. The summed E-state index contributed by atoms with van der Waals surface area (Å²) in [6.45, 7) is 70.1. The molecule has 4 atom stereocenters. The third-order valence-electron chi connectivity index (χ3n) is 23.6. The molecule has 0 amide bonds. The fraction of sp³-hybridized carbons (Fsp3) is 0.433. The van der Waals surface area contributed by atoms with Crippen LogP contribution in [0.2, 0.25) is 0 Å². The molecule has 12 aromatic rings. The van der Waals surface area contributed by atoms with Gasteiger partial charge in [0, 0.05) is 120 Å². The van der Waals surface area contributed by atoms with Crippen LogP contribution in [0.3, 0.4) is 0 Å². The van der Waals surface area contributed by atoms with E-state index in [1.54, 1.807) is 13.0 Å². The van der Waals surface area contributed by atoms with Gasteiger partial charge in [-0.2, -0.15) is 0 Å². The van der Waals surface area contributed by atoms with Gasteiger partial charge in [0.05, 0.1) is 69.5 Å². The van der Waals surface area contributed by atoms with Crippen molar-refractivity contribution < 1.29 is 121 Å². The predicted molar refractivity (Wildman–Crippen MR) is 563 cm³/mol. The van der Waals surface area contributed by atoms with Gasteiger partial charge < -0.3 is 40.9 Å². The molecule has 0 aliphatic rings. The van der Waals surface area contributed by atoms with Gasteiger partial charge in [0.1, 0.15) is 0 Å². The van der Waals surface area contributed by atoms with E-state index < -0.39 is 24.4 Å². The maximum Gasteiger partial charge on any atom is 0.0933 e. The number of hydrogen-bond acceptors (Lipinski definition) is 12. The van der Waals surface area contributed by atoms with Crippen LogP contribution in [0.25, 0.3) is 88.6 Å². The Morgan fingerprint density at radius 3 is 0.816 bits per heavy atom. The Hall–Kier alpha value is -8.00. The molecule has 0 bridgehead atoms. The van der Waals surface area contributed by atoms with Crippen LogP contribution in [-0.4, -0.2) is 85.2 Å². The average molecular weight is 2560 g/mol. The molecule has 4 radical (unpaired) electrons. The smallest absolute Gasteiger partial charge is 0.0933 e. The van der Waals surface area contributed by atoms with Crippen LogP contribution in [0.4, 0.5) is 0 Å². The number of aromatic nitrogens is 4. The molecule has 4 aromatic heterocycles. The standard InChI is InChI=1S/2C22H24N.2C21H22N.C11H22O2.2C9H18O2.C5H10O2.4Ir/c2*1-14(2)11-18-7-6-8-22-20(18)9-10-21(23-22)19-12-15(3)17(5)16(4)13-19;2*1-13(2)18-7-6-8-21-19(18)9-10-20(22-21)17-11-14(3)16(5)15(4)12-17;1-8(2)5-10(12)7-11(13)6-9(3)4;2*1-6(2)8(10)5-9(11)7(3)4;1-4(6)3-5(2)7;;;;/h2*6-10,12,14H,11H2,1-5H3;2*6-11,13H,1-5H3;7-10,12-13H,5-6H2,1-4H3;2*5-8,10-11H,1-4H3;3-4,6-7H,1-2H3;;;;/q4*-1;;;;;;;;. The van der Waals surface area contributed by atoms with Crippen molar-refractivity contribution in [2.24, 2.45) is 47.3 Å². The summed E-state index contributed by atoms with van der Waals surface area (Å²) in [5.74, 6) is 4.74. The van der Waals surface area contributed by atoms with Crippen LogP contribution >= 0.6 is 0 Å². The minimum absolute atomic E-state index is 0. The van der Waals surface area contributed by atoms with Crippen molar-refractivity contribution in [1.82, 2.24) is 19.9 Å². The zero-order valence-electron chi connectivity index (χ0n) is 87.8. The van der Waals surface area contributed by atoms with Crippen molar-refractivity contribution in [2.75, 3.05) is 0 Å². The van der Waals surface area contributed by atoms with Gasteiger partial charge in [0.2, 0.25) is 0 Å². The Balaban J connectivity index is 0.000000794. The van der Waals surface area contributed by atoms with Gasteiger partial charge in [-0.3, -0.25) is 19.9 Å². The molecular formula is C120H160Ir4N4O8-4. The first kappa shape index (κ1) is 126. The Labute approximate surface area is 873 Å². The van der Waals surface area contributed by atoms with E-state index in [4.69, 9.17) is 30.1 Å². The molecule has 12 rings (SSSR count). The largest absolute Gasteiger partial charge is 0.513 e. The molecule has 0 saturated carbocycles. The van der Waals surface area contributed by atoms with E-state index >= 15 is 0 Å². The van der Waals surface area contributed by atoms with E-state index in [0.717, 1.165) is 79.9 Å². The average Bonchev–Trinajstić information content (AvgIpc) is 0.750. The summed E-state index contributed by atoms with van der Waals surface area (Å²) in [7, 11) is 0. The summed E-state index contributed by atoms with van der Waals surface area (Å²) in [5, 5.41) is 77.9.